The summed E-state index contributed by atoms with van der Waals surface area (Å²) in [7, 11) is 0. The maximum atomic E-state index is 12.6. The number of aliphatic carboxylic acids is 1. The Morgan fingerprint density at radius 2 is 1.50 bits per heavy atom. The van der Waals surface area contributed by atoms with Crippen LogP contribution < -0.4 is 9.47 Å². The van der Waals surface area contributed by atoms with Gasteiger partial charge in [-0.15, -0.1) is 0 Å². The van der Waals surface area contributed by atoms with E-state index in [1.54, 1.807) is 36.4 Å². The molecule has 0 spiro atoms. The molecule has 182 valence electrons. The predicted molar refractivity (Wildman–Crippen MR) is 128 cm³/mol. The second-order valence-electron chi connectivity index (χ2n) is 8.55. The lowest BCUT2D eigenvalue weighted by Gasteiger charge is -2.21. The number of carbonyl (C=O) groups is 3. The van der Waals surface area contributed by atoms with Gasteiger partial charge in [-0.3, -0.25) is 4.79 Å². The van der Waals surface area contributed by atoms with Gasteiger partial charge < -0.3 is 19.5 Å². The Morgan fingerprint density at radius 1 is 0.882 bits per heavy atom. The maximum absolute atomic E-state index is 12.6. The third-order valence-electron chi connectivity index (χ3n) is 5.97. The molecule has 1 N–H and O–H groups in total. The Labute approximate surface area is 200 Å². The molecule has 1 unspecified atom stereocenters. The average molecular weight is 468 g/mol. The Balaban J connectivity index is 1.47. The van der Waals surface area contributed by atoms with E-state index in [9.17, 15) is 19.5 Å². The highest BCUT2D eigenvalue weighted by Crippen LogP contribution is 2.22. The zero-order valence-electron chi connectivity index (χ0n) is 19.7. The normalized spacial score (nSPS) is 15.2. The van der Waals surface area contributed by atoms with Crippen LogP contribution in [-0.2, 0) is 4.79 Å². The summed E-state index contributed by atoms with van der Waals surface area (Å²) in [6.07, 6.45) is 8.33. The van der Waals surface area contributed by atoms with Crippen LogP contribution in [0.5, 0.6) is 11.5 Å². The van der Waals surface area contributed by atoms with E-state index >= 15 is 0 Å². The predicted octanol–water partition coefficient (Wildman–Crippen LogP) is 5.33. The molecule has 34 heavy (non-hydrogen) atoms. The molecule has 0 aliphatic carbocycles. The number of hydrogen-bond acceptors (Lipinski definition) is 5. The first-order valence-electron chi connectivity index (χ1n) is 12.1. The number of amides is 1. The molecular weight excluding hydrogens is 434 g/mol. The molecule has 0 aromatic heterocycles. The average Bonchev–Trinajstić information content (AvgIpc) is 3.34. The minimum Gasteiger partial charge on any atom is -0.494 e. The number of esters is 1. The molecular formula is C27H33NO6. The fraction of sp³-hybridized carbons (Fsp3) is 0.444. The summed E-state index contributed by atoms with van der Waals surface area (Å²) >= 11 is 0. The fourth-order valence-corrected chi connectivity index (χ4v) is 4.02. The van der Waals surface area contributed by atoms with Crippen LogP contribution in [0.4, 0.5) is 0 Å². The molecule has 1 heterocycles. The number of hydrogen-bond donors (Lipinski definition) is 1. The lowest BCUT2D eigenvalue weighted by molar-refractivity contribution is -0.141. The third kappa shape index (κ3) is 7.07. The number of carboxylic acids is 1. The van der Waals surface area contributed by atoms with Gasteiger partial charge in [0.2, 0.25) is 0 Å². The van der Waals surface area contributed by atoms with E-state index in [-0.39, 0.29) is 5.91 Å². The van der Waals surface area contributed by atoms with Crippen molar-refractivity contribution in [2.24, 2.45) is 0 Å². The number of nitrogens with zero attached hydrogens (tertiary/aromatic N) is 1. The van der Waals surface area contributed by atoms with Gasteiger partial charge in [-0.05, 0) is 67.8 Å². The summed E-state index contributed by atoms with van der Waals surface area (Å²) in [4.78, 5) is 37.8. The van der Waals surface area contributed by atoms with Gasteiger partial charge in [-0.25, -0.2) is 9.59 Å². The Bertz CT molecular complexity index is 954. The van der Waals surface area contributed by atoms with E-state index in [1.807, 2.05) is 0 Å². The first kappa shape index (κ1) is 25.3. The van der Waals surface area contributed by atoms with Crippen molar-refractivity contribution in [3.8, 4) is 11.5 Å². The van der Waals surface area contributed by atoms with Gasteiger partial charge in [0.1, 0.15) is 17.5 Å². The lowest BCUT2D eigenvalue weighted by Crippen LogP contribution is -2.40. The Kier molecular flexibility index (Phi) is 9.50. The SMILES string of the molecule is CCCCCCCCOc1ccc(C(=O)Oc2ccc(C(=O)N3CCCC3C(=O)O)cc2)cc1. The van der Waals surface area contributed by atoms with E-state index in [4.69, 9.17) is 9.47 Å². The number of unbranched alkanes of at least 4 members (excludes halogenated alkanes) is 5. The van der Waals surface area contributed by atoms with Crippen LogP contribution in [0.3, 0.4) is 0 Å². The van der Waals surface area contributed by atoms with E-state index in [2.05, 4.69) is 6.92 Å². The second-order valence-corrected chi connectivity index (χ2v) is 8.55. The molecule has 7 nitrogen and oxygen atoms in total. The van der Waals surface area contributed by atoms with Crippen LogP contribution in [0.25, 0.3) is 0 Å². The van der Waals surface area contributed by atoms with Crippen molar-refractivity contribution in [3.63, 3.8) is 0 Å². The first-order chi connectivity index (χ1) is 16.5. The summed E-state index contributed by atoms with van der Waals surface area (Å²) in [5.41, 5.74) is 0.758. The van der Waals surface area contributed by atoms with Crippen molar-refractivity contribution in [1.29, 1.82) is 0 Å². The molecule has 1 aliphatic heterocycles. The fourth-order valence-electron chi connectivity index (χ4n) is 4.02. The zero-order chi connectivity index (χ0) is 24.3. The molecule has 0 radical (unpaired) electrons. The van der Waals surface area contributed by atoms with Crippen LogP contribution in [0, 0.1) is 0 Å². The molecule has 2 aromatic carbocycles. The van der Waals surface area contributed by atoms with Crippen molar-refractivity contribution >= 4 is 17.8 Å². The number of carboxylic acid groups (broad SMARTS) is 1. The van der Waals surface area contributed by atoms with Crippen LogP contribution >= 0.6 is 0 Å². The zero-order valence-corrected chi connectivity index (χ0v) is 19.7. The highest BCUT2D eigenvalue weighted by Gasteiger charge is 2.34. The van der Waals surface area contributed by atoms with Crippen molar-refractivity contribution in [3.05, 3.63) is 59.7 Å². The number of likely N-dealkylation sites (tertiary alicyclic amines) is 1. The van der Waals surface area contributed by atoms with Crippen LogP contribution in [0.2, 0.25) is 0 Å². The topological polar surface area (TPSA) is 93.1 Å². The van der Waals surface area contributed by atoms with Gasteiger partial charge in [-0.1, -0.05) is 39.0 Å². The van der Waals surface area contributed by atoms with Gasteiger partial charge in [0, 0.05) is 12.1 Å². The molecule has 1 aliphatic rings. The Hall–Kier alpha value is -3.35. The van der Waals surface area contributed by atoms with Crippen molar-refractivity contribution in [1.82, 2.24) is 4.90 Å². The van der Waals surface area contributed by atoms with E-state index < -0.39 is 18.0 Å². The number of rotatable bonds is 12. The van der Waals surface area contributed by atoms with Gasteiger partial charge in [-0.2, -0.15) is 0 Å². The molecule has 0 saturated carbocycles. The quantitative estimate of drug-likeness (QED) is 0.257. The molecule has 2 aromatic rings. The smallest absolute Gasteiger partial charge is 0.343 e. The van der Waals surface area contributed by atoms with Gasteiger partial charge in [0.25, 0.3) is 5.91 Å². The van der Waals surface area contributed by atoms with Crippen LogP contribution in [0.15, 0.2) is 48.5 Å². The minimum absolute atomic E-state index is 0.307. The molecule has 1 atom stereocenters. The van der Waals surface area contributed by atoms with Gasteiger partial charge in [0.15, 0.2) is 0 Å². The molecule has 7 heteroatoms. The van der Waals surface area contributed by atoms with Crippen molar-refractivity contribution in [2.45, 2.75) is 64.3 Å². The first-order valence-corrected chi connectivity index (χ1v) is 12.1. The molecule has 0 bridgehead atoms. The van der Waals surface area contributed by atoms with E-state index in [0.717, 1.165) is 18.6 Å². The molecule has 3 rings (SSSR count). The number of benzene rings is 2. The van der Waals surface area contributed by atoms with Crippen molar-refractivity contribution in [2.75, 3.05) is 13.2 Å². The maximum Gasteiger partial charge on any atom is 0.343 e. The number of carbonyl (C=O) groups excluding carboxylic acids is 2. The summed E-state index contributed by atoms with van der Waals surface area (Å²) in [5, 5.41) is 9.28. The van der Waals surface area contributed by atoms with Crippen LogP contribution in [0.1, 0.15) is 79.0 Å². The summed E-state index contributed by atoms with van der Waals surface area (Å²) in [6.45, 7) is 3.28. The largest absolute Gasteiger partial charge is 0.494 e. The van der Waals surface area contributed by atoms with Crippen molar-refractivity contribution < 1.29 is 29.0 Å². The van der Waals surface area contributed by atoms with Crippen LogP contribution in [-0.4, -0.2) is 47.0 Å². The highest BCUT2D eigenvalue weighted by molar-refractivity contribution is 5.97. The monoisotopic (exact) mass is 467 g/mol. The minimum atomic E-state index is -0.991. The summed E-state index contributed by atoms with van der Waals surface area (Å²) < 4.78 is 11.1. The van der Waals surface area contributed by atoms with E-state index in [1.165, 1.54) is 42.7 Å². The molecule has 1 amide bonds. The van der Waals surface area contributed by atoms with Gasteiger partial charge >= 0.3 is 11.9 Å². The lowest BCUT2D eigenvalue weighted by atomic mass is 10.1. The molecule has 1 saturated heterocycles. The Morgan fingerprint density at radius 3 is 2.18 bits per heavy atom. The third-order valence-corrected chi connectivity index (χ3v) is 5.97. The van der Waals surface area contributed by atoms with E-state index in [0.29, 0.717) is 42.9 Å². The summed E-state index contributed by atoms with van der Waals surface area (Å²) in [6, 6.07) is 12.2. The number of ether oxygens (including phenoxy) is 2. The highest BCUT2D eigenvalue weighted by atomic mass is 16.5. The standard InChI is InChI=1S/C27H33NO6/c1-2-3-4-5-6-7-19-33-22-14-12-21(13-15-22)27(32)34-23-16-10-20(11-17-23)25(29)28-18-8-9-24(28)26(30)31/h10-17,24H,2-9,18-19H2,1H3,(H,30,31). The summed E-state index contributed by atoms with van der Waals surface area (Å²) in [5.74, 6) is -0.808. The second kappa shape index (κ2) is 12.8. The van der Waals surface area contributed by atoms with Gasteiger partial charge in [0.05, 0.1) is 12.2 Å². The molecule has 1 fully saturated rings.